The van der Waals surface area contributed by atoms with Crippen LogP contribution in [-0.4, -0.2) is 19.3 Å². The first-order valence-electron chi connectivity index (χ1n) is 6.33. The Labute approximate surface area is 137 Å². The Hall–Kier alpha value is -1.23. The molecule has 2 aromatic carbocycles. The number of benzene rings is 2. The molecular formula is C16H16BrClO3. The summed E-state index contributed by atoms with van der Waals surface area (Å²) < 4.78 is 11.4. The van der Waals surface area contributed by atoms with Gasteiger partial charge in [-0.3, -0.25) is 0 Å². The molecule has 5 heteroatoms. The second-order valence-corrected chi connectivity index (χ2v) is 5.90. The lowest BCUT2D eigenvalue weighted by Gasteiger charge is -2.17. The molecule has 0 amide bonds. The Morgan fingerprint density at radius 3 is 2.29 bits per heavy atom. The van der Waals surface area contributed by atoms with Crippen molar-refractivity contribution < 1.29 is 14.6 Å². The predicted molar refractivity (Wildman–Crippen MR) is 87.5 cm³/mol. The van der Waals surface area contributed by atoms with E-state index in [9.17, 15) is 5.11 Å². The van der Waals surface area contributed by atoms with Crippen LogP contribution in [0.15, 0.2) is 34.8 Å². The second-order valence-electron chi connectivity index (χ2n) is 4.64. The molecule has 0 bridgehead atoms. The van der Waals surface area contributed by atoms with Gasteiger partial charge in [-0.1, -0.05) is 39.7 Å². The third kappa shape index (κ3) is 3.34. The SMILES string of the molecule is COc1cc(Cl)c(C(O)c2ccc(C)c(Br)c2)cc1OC. The lowest BCUT2D eigenvalue weighted by molar-refractivity contribution is 0.219. The second kappa shape index (κ2) is 6.69. The Bertz CT molecular complexity index is 658. The highest BCUT2D eigenvalue weighted by Gasteiger charge is 2.18. The fourth-order valence-corrected chi connectivity index (χ4v) is 2.69. The molecule has 0 radical (unpaired) electrons. The van der Waals surface area contributed by atoms with E-state index in [-0.39, 0.29) is 0 Å². The monoisotopic (exact) mass is 370 g/mol. The van der Waals surface area contributed by atoms with Crippen LogP contribution in [0.4, 0.5) is 0 Å². The van der Waals surface area contributed by atoms with Crippen molar-refractivity contribution in [2.45, 2.75) is 13.0 Å². The van der Waals surface area contributed by atoms with Crippen LogP contribution >= 0.6 is 27.5 Å². The first kappa shape index (κ1) is 16.1. The van der Waals surface area contributed by atoms with Gasteiger partial charge < -0.3 is 14.6 Å². The average molecular weight is 372 g/mol. The van der Waals surface area contributed by atoms with Crippen molar-refractivity contribution in [3.8, 4) is 11.5 Å². The summed E-state index contributed by atoms with van der Waals surface area (Å²) in [6.45, 7) is 1.99. The molecule has 0 aliphatic heterocycles. The molecule has 0 saturated heterocycles. The zero-order valence-electron chi connectivity index (χ0n) is 12.0. The van der Waals surface area contributed by atoms with Gasteiger partial charge in [0.1, 0.15) is 6.10 Å². The first-order chi connectivity index (χ1) is 9.97. The van der Waals surface area contributed by atoms with Crippen molar-refractivity contribution >= 4 is 27.5 Å². The molecule has 2 aromatic rings. The van der Waals surface area contributed by atoms with Gasteiger partial charge in [0, 0.05) is 16.1 Å². The van der Waals surface area contributed by atoms with E-state index in [0.717, 1.165) is 15.6 Å². The summed E-state index contributed by atoms with van der Waals surface area (Å²) in [5.74, 6) is 1.06. The topological polar surface area (TPSA) is 38.7 Å². The van der Waals surface area contributed by atoms with Crippen molar-refractivity contribution in [3.63, 3.8) is 0 Å². The summed E-state index contributed by atoms with van der Waals surface area (Å²) in [5, 5.41) is 11.0. The van der Waals surface area contributed by atoms with E-state index >= 15 is 0 Å². The van der Waals surface area contributed by atoms with Gasteiger partial charge in [-0.05, 0) is 30.2 Å². The fourth-order valence-electron chi connectivity index (χ4n) is 2.04. The van der Waals surface area contributed by atoms with Crippen LogP contribution in [0.1, 0.15) is 22.8 Å². The Morgan fingerprint density at radius 1 is 1.10 bits per heavy atom. The van der Waals surface area contributed by atoms with E-state index in [2.05, 4.69) is 15.9 Å². The van der Waals surface area contributed by atoms with Gasteiger partial charge in [0.2, 0.25) is 0 Å². The summed E-state index contributed by atoms with van der Waals surface area (Å²) in [6.07, 6.45) is -0.839. The zero-order chi connectivity index (χ0) is 15.6. The maximum Gasteiger partial charge on any atom is 0.162 e. The van der Waals surface area contributed by atoms with Gasteiger partial charge in [0.25, 0.3) is 0 Å². The molecule has 1 atom stereocenters. The lowest BCUT2D eigenvalue weighted by atomic mass is 10.00. The molecule has 2 rings (SSSR count). The Kier molecular flexibility index (Phi) is 5.14. The number of rotatable bonds is 4. The van der Waals surface area contributed by atoms with Crippen LogP contribution in [-0.2, 0) is 0 Å². The number of aryl methyl sites for hydroxylation is 1. The van der Waals surface area contributed by atoms with Gasteiger partial charge >= 0.3 is 0 Å². The maximum atomic E-state index is 10.6. The zero-order valence-corrected chi connectivity index (χ0v) is 14.3. The minimum absolute atomic E-state index is 0.428. The van der Waals surface area contributed by atoms with E-state index in [4.69, 9.17) is 21.1 Å². The van der Waals surface area contributed by atoms with Crippen molar-refractivity contribution in [3.05, 3.63) is 56.5 Å². The van der Waals surface area contributed by atoms with Crippen molar-refractivity contribution in [2.75, 3.05) is 14.2 Å². The fraction of sp³-hybridized carbons (Fsp3) is 0.250. The molecule has 112 valence electrons. The number of halogens is 2. The molecule has 0 fully saturated rings. The number of ether oxygens (including phenoxy) is 2. The van der Waals surface area contributed by atoms with Crippen LogP contribution in [0.25, 0.3) is 0 Å². The van der Waals surface area contributed by atoms with Crippen LogP contribution in [0, 0.1) is 6.92 Å². The minimum atomic E-state index is -0.839. The largest absolute Gasteiger partial charge is 0.493 e. The lowest BCUT2D eigenvalue weighted by Crippen LogP contribution is -2.02. The number of methoxy groups -OCH3 is 2. The standard InChI is InChI=1S/C16H16BrClO3/c1-9-4-5-10(6-12(9)17)16(19)11-7-14(20-2)15(21-3)8-13(11)18/h4-8,16,19H,1-3H3. The molecule has 21 heavy (non-hydrogen) atoms. The molecule has 1 unspecified atom stereocenters. The normalized spacial score (nSPS) is 12.1. The highest BCUT2D eigenvalue weighted by Crippen LogP contribution is 2.38. The van der Waals surface area contributed by atoms with E-state index in [0.29, 0.717) is 22.1 Å². The summed E-state index contributed by atoms with van der Waals surface area (Å²) in [6, 6.07) is 9.03. The average Bonchev–Trinajstić information content (AvgIpc) is 2.49. The summed E-state index contributed by atoms with van der Waals surface area (Å²) in [5.41, 5.74) is 2.43. The van der Waals surface area contributed by atoms with Gasteiger partial charge in [0.15, 0.2) is 11.5 Å². The van der Waals surface area contributed by atoms with Crippen LogP contribution in [0.2, 0.25) is 5.02 Å². The number of hydrogen-bond donors (Lipinski definition) is 1. The molecule has 1 N–H and O–H groups in total. The van der Waals surface area contributed by atoms with Gasteiger partial charge in [-0.25, -0.2) is 0 Å². The third-order valence-corrected chi connectivity index (χ3v) is 4.49. The molecule has 0 aliphatic rings. The molecular weight excluding hydrogens is 356 g/mol. The molecule has 0 aliphatic carbocycles. The highest BCUT2D eigenvalue weighted by atomic mass is 79.9. The minimum Gasteiger partial charge on any atom is -0.493 e. The highest BCUT2D eigenvalue weighted by molar-refractivity contribution is 9.10. The molecule has 0 heterocycles. The number of aliphatic hydroxyl groups is 1. The maximum absolute atomic E-state index is 10.6. The molecule has 0 saturated carbocycles. The van der Waals surface area contributed by atoms with E-state index in [1.807, 2.05) is 25.1 Å². The summed E-state index contributed by atoms with van der Waals surface area (Å²) >= 11 is 9.71. The van der Waals surface area contributed by atoms with Gasteiger partial charge in [0.05, 0.1) is 19.2 Å². The summed E-state index contributed by atoms with van der Waals surface area (Å²) in [7, 11) is 3.09. The van der Waals surface area contributed by atoms with E-state index in [1.165, 1.54) is 0 Å². The number of aliphatic hydroxyl groups excluding tert-OH is 1. The van der Waals surface area contributed by atoms with Crippen LogP contribution in [0.5, 0.6) is 11.5 Å². The smallest absolute Gasteiger partial charge is 0.162 e. The molecule has 0 spiro atoms. The number of hydrogen-bond acceptors (Lipinski definition) is 3. The molecule has 3 nitrogen and oxygen atoms in total. The Balaban J connectivity index is 2.47. The van der Waals surface area contributed by atoms with Crippen LogP contribution in [0.3, 0.4) is 0 Å². The van der Waals surface area contributed by atoms with Gasteiger partial charge in [-0.2, -0.15) is 0 Å². The molecule has 0 aromatic heterocycles. The summed E-state index contributed by atoms with van der Waals surface area (Å²) in [4.78, 5) is 0. The van der Waals surface area contributed by atoms with E-state index in [1.54, 1.807) is 26.4 Å². The first-order valence-corrected chi connectivity index (χ1v) is 7.50. The van der Waals surface area contributed by atoms with Crippen LogP contribution < -0.4 is 9.47 Å². The van der Waals surface area contributed by atoms with Gasteiger partial charge in [-0.15, -0.1) is 0 Å². The predicted octanol–water partition coefficient (Wildman–Crippen LogP) is 4.51. The quantitative estimate of drug-likeness (QED) is 0.859. The van der Waals surface area contributed by atoms with Crippen molar-refractivity contribution in [1.82, 2.24) is 0 Å². The Morgan fingerprint density at radius 2 is 1.71 bits per heavy atom. The third-order valence-electron chi connectivity index (χ3n) is 3.31. The van der Waals surface area contributed by atoms with E-state index < -0.39 is 6.10 Å². The van der Waals surface area contributed by atoms with Crippen molar-refractivity contribution in [1.29, 1.82) is 0 Å². The van der Waals surface area contributed by atoms with Crippen molar-refractivity contribution in [2.24, 2.45) is 0 Å².